The second kappa shape index (κ2) is 8.55. The number of methoxy groups -OCH3 is 1. The minimum absolute atomic E-state index is 0.164. The number of fused-ring (bicyclic) bond motifs is 1. The van der Waals surface area contributed by atoms with Crippen LogP contribution < -0.4 is 15.6 Å². The van der Waals surface area contributed by atoms with Gasteiger partial charge in [0.25, 0.3) is 11.5 Å². The number of rotatable bonds is 6. The van der Waals surface area contributed by atoms with E-state index in [1.54, 1.807) is 54.0 Å². The normalized spacial score (nSPS) is 10.6. The summed E-state index contributed by atoms with van der Waals surface area (Å²) in [6, 6.07) is 11.7. The Kier molecular flexibility index (Phi) is 5.92. The summed E-state index contributed by atoms with van der Waals surface area (Å²) >= 11 is 0. The van der Waals surface area contributed by atoms with Crippen LogP contribution in [0.15, 0.2) is 47.3 Å². The van der Waals surface area contributed by atoms with Crippen molar-refractivity contribution in [1.82, 2.24) is 9.55 Å². The first-order valence-corrected chi connectivity index (χ1v) is 9.05. The number of carbonyl (C=O) groups is 2. The summed E-state index contributed by atoms with van der Waals surface area (Å²) in [4.78, 5) is 40.9. The number of ether oxygens (including phenoxy) is 2. The van der Waals surface area contributed by atoms with Gasteiger partial charge in [-0.1, -0.05) is 12.1 Å². The van der Waals surface area contributed by atoms with Crippen molar-refractivity contribution in [3.8, 4) is 5.75 Å². The van der Waals surface area contributed by atoms with Crippen molar-refractivity contribution in [3.63, 3.8) is 0 Å². The third-order valence-electron chi connectivity index (χ3n) is 4.38. The predicted octanol–water partition coefficient (Wildman–Crippen LogP) is 2.53. The van der Waals surface area contributed by atoms with Crippen molar-refractivity contribution in [3.05, 3.63) is 64.1 Å². The monoisotopic (exact) mass is 395 g/mol. The van der Waals surface area contributed by atoms with Crippen molar-refractivity contribution < 1.29 is 19.1 Å². The quantitative estimate of drug-likeness (QED) is 0.644. The minimum atomic E-state index is -0.657. The van der Waals surface area contributed by atoms with Crippen molar-refractivity contribution in [2.75, 3.05) is 19.0 Å². The molecule has 0 spiro atoms. The van der Waals surface area contributed by atoms with E-state index in [9.17, 15) is 14.4 Å². The van der Waals surface area contributed by atoms with Gasteiger partial charge in [-0.15, -0.1) is 0 Å². The average Bonchev–Trinajstić information content (AvgIpc) is 2.73. The van der Waals surface area contributed by atoms with Gasteiger partial charge >= 0.3 is 5.97 Å². The fourth-order valence-electron chi connectivity index (χ4n) is 2.96. The SMILES string of the molecule is CCn1c(=O)c(C)nc2cc(C(=O)OCC(=O)Nc3ccccc3OC)ccc21. The van der Waals surface area contributed by atoms with Gasteiger partial charge < -0.3 is 19.4 Å². The van der Waals surface area contributed by atoms with E-state index in [-0.39, 0.29) is 11.1 Å². The fraction of sp³-hybridized carbons (Fsp3) is 0.238. The molecule has 0 saturated heterocycles. The Balaban J connectivity index is 1.72. The van der Waals surface area contributed by atoms with Crippen molar-refractivity contribution in [1.29, 1.82) is 0 Å². The van der Waals surface area contributed by atoms with E-state index in [1.807, 2.05) is 6.92 Å². The van der Waals surface area contributed by atoms with Crippen molar-refractivity contribution >= 4 is 28.6 Å². The molecule has 0 bridgehead atoms. The average molecular weight is 395 g/mol. The van der Waals surface area contributed by atoms with Crippen LogP contribution in [0.25, 0.3) is 11.0 Å². The maximum absolute atomic E-state index is 12.4. The largest absolute Gasteiger partial charge is 0.495 e. The predicted molar refractivity (Wildman–Crippen MR) is 108 cm³/mol. The lowest BCUT2D eigenvalue weighted by atomic mass is 10.2. The Labute approximate surface area is 167 Å². The Morgan fingerprint density at radius 1 is 1.17 bits per heavy atom. The molecule has 29 heavy (non-hydrogen) atoms. The number of para-hydroxylation sites is 2. The van der Waals surface area contributed by atoms with E-state index in [0.717, 1.165) is 0 Å². The molecule has 0 saturated carbocycles. The molecular weight excluding hydrogens is 374 g/mol. The van der Waals surface area contributed by atoms with Gasteiger partial charge in [0.05, 0.1) is 29.4 Å². The third kappa shape index (κ3) is 4.26. The minimum Gasteiger partial charge on any atom is -0.495 e. The molecule has 3 aromatic rings. The van der Waals surface area contributed by atoms with E-state index < -0.39 is 18.5 Å². The molecule has 1 amide bonds. The fourth-order valence-corrected chi connectivity index (χ4v) is 2.96. The van der Waals surface area contributed by atoms with Gasteiger partial charge in [0.1, 0.15) is 11.4 Å². The highest BCUT2D eigenvalue weighted by Crippen LogP contribution is 2.22. The Bertz CT molecular complexity index is 1140. The van der Waals surface area contributed by atoms with Crippen LogP contribution in [0, 0.1) is 6.92 Å². The van der Waals surface area contributed by atoms with Gasteiger partial charge in [0.15, 0.2) is 6.61 Å². The number of nitrogens with zero attached hydrogens (tertiary/aromatic N) is 2. The molecule has 0 atom stereocenters. The molecule has 0 radical (unpaired) electrons. The van der Waals surface area contributed by atoms with Crippen LogP contribution in [-0.4, -0.2) is 35.1 Å². The number of benzene rings is 2. The van der Waals surface area contributed by atoms with Gasteiger partial charge in [0, 0.05) is 6.54 Å². The summed E-state index contributed by atoms with van der Waals surface area (Å²) in [6.07, 6.45) is 0. The molecule has 3 rings (SSSR count). The zero-order valence-electron chi connectivity index (χ0n) is 16.4. The van der Waals surface area contributed by atoms with Gasteiger partial charge in [-0.25, -0.2) is 9.78 Å². The number of aryl methyl sites for hydroxylation is 2. The Morgan fingerprint density at radius 2 is 1.93 bits per heavy atom. The van der Waals surface area contributed by atoms with Crippen LogP contribution in [0.2, 0.25) is 0 Å². The number of esters is 1. The zero-order chi connectivity index (χ0) is 21.0. The summed E-state index contributed by atoms with van der Waals surface area (Å²) in [5, 5.41) is 2.64. The zero-order valence-corrected chi connectivity index (χ0v) is 16.4. The lowest BCUT2D eigenvalue weighted by molar-refractivity contribution is -0.119. The molecule has 0 aliphatic heterocycles. The van der Waals surface area contributed by atoms with E-state index in [2.05, 4.69) is 10.3 Å². The molecule has 0 aliphatic carbocycles. The summed E-state index contributed by atoms with van der Waals surface area (Å²) in [6.45, 7) is 3.53. The molecule has 150 valence electrons. The second-order valence-corrected chi connectivity index (χ2v) is 6.27. The standard InChI is InChI=1S/C21H21N3O5/c1-4-24-17-10-9-14(11-16(17)22-13(2)20(24)26)21(27)29-12-19(25)23-15-7-5-6-8-18(15)28-3/h5-11H,4,12H2,1-3H3,(H,23,25). The Morgan fingerprint density at radius 3 is 2.66 bits per heavy atom. The first-order chi connectivity index (χ1) is 13.9. The second-order valence-electron chi connectivity index (χ2n) is 6.27. The molecule has 8 heteroatoms. The number of amides is 1. The highest BCUT2D eigenvalue weighted by Gasteiger charge is 2.14. The van der Waals surface area contributed by atoms with E-state index >= 15 is 0 Å². The van der Waals surface area contributed by atoms with E-state index in [1.165, 1.54) is 7.11 Å². The maximum Gasteiger partial charge on any atom is 0.338 e. The lowest BCUT2D eigenvalue weighted by Gasteiger charge is -2.11. The molecule has 8 nitrogen and oxygen atoms in total. The first kappa shape index (κ1) is 20.1. The number of aromatic nitrogens is 2. The van der Waals surface area contributed by atoms with Crippen molar-refractivity contribution in [2.24, 2.45) is 0 Å². The van der Waals surface area contributed by atoms with Crippen LogP contribution in [-0.2, 0) is 16.1 Å². The molecule has 0 unspecified atom stereocenters. The van der Waals surface area contributed by atoms with E-state index in [0.29, 0.717) is 34.7 Å². The van der Waals surface area contributed by atoms with Crippen LogP contribution >= 0.6 is 0 Å². The topological polar surface area (TPSA) is 99.5 Å². The summed E-state index contributed by atoms with van der Waals surface area (Å²) < 4.78 is 11.9. The number of hydrogen-bond donors (Lipinski definition) is 1. The molecule has 1 N–H and O–H groups in total. The number of carbonyl (C=O) groups excluding carboxylic acids is 2. The van der Waals surface area contributed by atoms with Gasteiger partial charge in [-0.2, -0.15) is 0 Å². The molecule has 0 aliphatic rings. The molecule has 1 heterocycles. The molecule has 1 aromatic heterocycles. The highest BCUT2D eigenvalue weighted by atomic mass is 16.5. The van der Waals surface area contributed by atoms with Gasteiger partial charge in [0.2, 0.25) is 0 Å². The molecule has 2 aromatic carbocycles. The van der Waals surface area contributed by atoms with Gasteiger partial charge in [-0.3, -0.25) is 9.59 Å². The van der Waals surface area contributed by atoms with Crippen molar-refractivity contribution in [2.45, 2.75) is 20.4 Å². The highest BCUT2D eigenvalue weighted by molar-refractivity contribution is 5.97. The lowest BCUT2D eigenvalue weighted by Crippen LogP contribution is -2.23. The van der Waals surface area contributed by atoms with Crippen LogP contribution in [0.3, 0.4) is 0 Å². The smallest absolute Gasteiger partial charge is 0.338 e. The van der Waals surface area contributed by atoms with Gasteiger partial charge in [-0.05, 0) is 44.2 Å². The summed E-state index contributed by atoms with van der Waals surface area (Å²) in [5.74, 6) is -0.640. The summed E-state index contributed by atoms with van der Waals surface area (Å²) in [5.41, 5.74) is 2.06. The number of hydrogen-bond acceptors (Lipinski definition) is 6. The maximum atomic E-state index is 12.4. The Hall–Kier alpha value is -3.68. The third-order valence-corrected chi connectivity index (χ3v) is 4.38. The molecular formula is C21H21N3O5. The van der Waals surface area contributed by atoms with Crippen LogP contribution in [0.4, 0.5) is 5.69 Å². The first-order valence-electron chi connectivity index (χ1n) is 9.05. The van der Waals surface area contributed by atoms with Crippen LogP contribution in [0.1, 0.15) is 23.0 Å². The van der Waals surface area contributed by atoms with E-state index in [4.69, 9.17) is 9.47 Å². The summed E-state index contributed by atoms with van der Waals surface area (Å²) in [7, 11) is 1.50. The number of nitrogens with one attached hydrogen (secondary N) is 1. The number of anilines is 1. The molecule has 0 fully saturated rings. The van der Waals surface area contributed by atoms with Crippen LogP contribution in [0.5, 0.6) is 5.75 Å².